The Hall–Kier alpha value is -2.46. The zero-order valence-electron chi connectivity index (χ0n) is 14.9. The minimum absolute atomic E-state index is 0.142. The molecule has 0 amide bonds. The van der Waals surface area contributed by atoms with Crippen LogP contribution in [0, 0.1) is 0 Å². The van der Waals surface area contributed by atoms with Crippen molar-refractivity contribution in [3.8, 4) is 0 Å². The summed E-state index contributed by atoms with van der Waals surface area (Å²) in [4.78, 5) is 0. The van der Waals surface area contributed by atoms with Crippen LogP contribution in [-0.2, 0) is 6.54 Å². The molecule has 0 aromatic heterocycles. The molecule has 0 aliphatic carbocycles. The third kappa shape index (κ3) is 5.27. The molecule has 3 N–H and O–H groups in total. The van der Waals surface area contributed by atoms with Gasteiger partial charge in [-0.05, 0) is 16.7 Å². The second kappa shape index (κ2) is 9.88. The summed E-state index contributed by atoms with van der Waals surface area (Å²) in [5.74, 6) is 0. The molecule has 0 unspecified atom stereocenters. The van der Waals surface area contributed by atoms with E-state index in [1.165, 1.54) is 5.56 Å². The molecule has 0 aliphatic heterocycles. The number of nitrogens with one attached hydrogen (secondary N) is 2. The number of benzene rings is 3. The van der Waals surface area contributed by atoms with Gasteiger partial charge in [0.25, 0.3) is 0 Å². The van der Waals surface area contributed by atoms with E-state index in [1.807, 2.05) is 54.6 Å². The molecule has 0 saturated heterocycles. The SMILES string of the molecule is O[C@@H](c1ccccc1)[C@@H](NCCNCc1ccccc1)c1ccccc1. The average molecular weight is 346 g/mol. The highest BCUT2D eigenvalue weighted by Crippen LogP contribution is 2.28. The van der Waals surface area contributed by atoms with Gasteiger partial charge >= 0.3 is 0 Å². The maximum Gasteiger partial charge on any atom is 0.0984 e. The maximum absolute atomic E-state index is 10.9. The molecule has 3 aromatic carbocycles. The van der Waals surface area contributed by atoms with Crippen LogP contribution in [0.1, 0.15) is 28.8 Å². The summed E-state index contributed by atoms with van der Waals surface area (Å²) in [5.41, 5.74) is 3.29. The summed E-state index contributed by atoms with van der Waals surface area (Å²) in [6, 6.07) is 30.2. The topological polar surface area (TPSA) is 44.3 Å². The van der Waals surface area contributed by atoms with Gasteiger partial charge in [-0.25, -0.2) is 0 Å². The second-order valence-electron chi connectivity index (χ2n) is 6.36. The fourth-order valence-electron chi connectivity index (χ4n) is 3.06. The molecule has 26 heavy (non-hydrogen) atoms. The van der Waals surface area contributed by atoms with E-state index in [4.69, 9.17) is 0 Å². The molecule has 0 fully saturated rings. The summed E-state index contributed by atoms with van der Waals surface area (Å²) in [6.07, 6.45) is -0.590. The number of hydrogen-bond acceptors (Lipinski definition) is 3. The van der Waals surface area contributed by atoms with Crippen molar-refractivity contribution in [3.63, 3.8) is 0 Å². The monoisotopic (exact) mass is 346 g/mol. The Morgan fingerprint density at radius 1 is 0.654 bits per heavy atom. The van der Waals surface area contributed by atoms with E-state index in [2.05, 4.69) is 47.0 Å². The van der Waals surface area contributed by atoms with Gasteiger partial charge in [0.15, 0.2) is 0 Å². The molecular weight excluding hydrogens is 320 g/mol. The zero-order valence-corrected chi connectivity index (χ0v) is 14.9. The quantitative estimate of drug-likeness (QED) is 0.516. The van der Waals surface area contributed by atoms with Gasteiger partial charge in [-0.2, -0.15) is 0 Å². The van der Waals surface area contributed by atoms with Crippen LogP contribution in [-0.4, -0.2) is 18.2 Å². The predicted octanol–water partition coefficient (Wildman–Crippen LogP) is 3.84. The number of hydrogen-bond donors (Lipinski definition) is 3. The van der Waals surface area contributed by atoms with Crippen LogP contribution >= 0.6 is 0 Å². The van der Waals surface area contributed by atoms with Crippen molar-refractivity contribution in [2.75, 3.05) is 13.1 Å². The van der Waals surface area contributed by atoms with Crippen LogP contribution in [0.3, 0.4) is 0 Å². The lowest BCUT2D eigenvalue weighted by Gasteiger charge is -2.25. The Bertz CT molecular complexity index is 747. The number of aliphatic hydroxyl groups is 1. The van der Waals surface area contributed by atoms with E-state index in [0.717, 1.165) is 30.8 Å². The Balaban J connectivity index is 1.58. The van der Waals surface area contributed by atoms with Gasteiger partial charge in [-0.1, -0.05) is 91.0 Å². The highest BCUT2D eigenvalue weighted by molar-refractivity contribution is 5.26. The average Bonchev–Trinajstić information content (AvgIpc) is 2.72. The van der Waals surface area contributed by atoms with Crippen molar-refractivity contribution >= 4 is 0 Å². The van der Waals surface area contributed by atoms with Crippen LogP contribution in [0.5, 0.6) is 0 Å². The highest BCUT2D eigenvalue weighted by atomic mass is 16.3. The smallest absolute Gasteiger partial charge is 0.0984 e. The highest BCUT2D eigenvalue weighted by Gasteiger charge is 2.21. The van der Waals surface area contributed by atoms with E-state index in [-0.39, 0.29) is 6.04 Å². The fourth-order valence-corrected chi connectivity index (χ4v) is 3.06. The van der Waals surface area contributed by atoms with Gasteiger partial charge in [0.1, 0.15) is 0 Å². The molecular formula is C23H26N2O. The van der Waals surface area contributed by atoms with Gasteiger partial charge in [-0.3, -0.25) is 0 Å². The molecule has 3 rings (SSSR count). The van der Waals surface area contributed by atoms with Gasteiger partial charge < -0.3 is 15.7 Å². The first-order valence-electron chi connectivity index (χ1n) is 9.10. The van der Waals surface area contributed by atoms with Crippen LogP contribution in [0.4, 0.5) is 0 Å². The summed E-state index contributed by atoms with van der Waals surface area (Å²) in [6.45, 7) is 2.45. The molecule has 0 radical (unpaired) electrons. The van der Waals surface area contributed by atoms with Crippen molar-refractivity contribution in [1.29, 1.82) is 0 Å². The van der Waals surface area contributed by atoms with Crippen LogP contribution in [0.15, 0.2) is 91.0 Å². The largest absolute Gasteiger partial charge is 0.386 e. The summed E-state index contributed by atoms with van der Waals surface area (Å²) < 4.78 is 0. The van der Waals surface area contributed by atoms with Crippen molar-refractivity contribution in [2.45, 2.75) is 18.7 Å². The lowest BCUT2D eigenvalue weighted by atomic mass is 9.96. The first kappa shape index (κ1) is 18.3. The van der Waals surface area contributed by atoms with E-state index in [9.17, 15) is 5.11 Å². The molecule has 3 nitrogen and oxygen atoms in total. The molecule has 0 spiro atoms. The molecule has 0 saturated carbocycles. The Morgan fingerprint density at radius 3 is 1.81 bits per heavy atom. The van der Waals surface area contributed by atoms with Crippen LogP contribution in [0.25, 0.3) is 0 Å². The molecule has 2 atom stereocenters. The normalized spacial score (nSPS) is 13.3. The Kier molecular flexibility index (Phi) is 6.96. The Morgan fingerprint density at radius 2 is 1.19 bits per heavy atom. The van der Waals surface area contributed by atoms with Gasteiger partial charge in [0.05, 0.1) is 12.1 Å². The van der Waals surface area contributed by atoms with Crippen molar-refractivity contribution < 1.29 is 5.11 Å². The second-order valence-corrected chi connectivity index (χ2v) is 6.36. The van der Waals surface area contributed by atoms with Crippen LogP contribution < -0.4 is 10.6 Å². The van der Waals surface area contributed by atoms with E-state index < -0.39 is 6.10 Å². The van der Waals surface area contributed by atoms with Crippen molar-refractivity contribution in [2.24, 2.45) is 0 Å². The van der Waals surface area contributed by atoms with E-state index in [1.54, 1.807) is 0 Å². The Labute approximate surface area is 155 Å². The first-order chi connectivity index (χ1) is 12.8. The van der Waals surface area contributed by atoms with E-state index in [0.29, 0.717) is 0 Å². The molecule has 0 bridgehead atoms. The number of aliphatic hydroxyl groups excluding tert-OH is 1. The minimum atomic E-state index is -0.590. The predicted molar refractivity (Wildman–Crippen MR) is 107 cm³/mol. The van der Waals surface area contributed by atoms with Gasteiger partial charge in [0, 0.05) is 19.6 Å². The molecule has 3 heteroatoms. The molecule has 0 heterocycles. The molecule has 134 valence electrons. The van der Waals surface area contributed by atoms with Gasteiger partial charge in [-0.15, -0.1) is 0 Å². The fraction of sp³-hybridized carbons (Fsp3) is 0.217. The lowest BCUT2D eigenvalue weighted by molar-refractivity contribution is 0.129. The summed E-state index contributed by atoms with van der Waals surface area (Å²) >= 11 is 0. The minimum Gasteiger partial charge on any atom is -0.386 e. The first-order valence-corrected chi connectivity index (χ1v) is 9.10. The third-order valence-electron chi connectivity index (χ3n) is 4.45. The molecule has 0 aliphatic rings. The van der Waals surface area contributed by atoms with E-state index >= 15 is 0 Å². The number of rotatable bonds is 9. The summed E-state index contributed by atoms with van der Waals surface area (Å²) in [7, 11) is 0. The molecule has 3 aromatic rings. The third-order valence-corrected chi connectivity index (χ3v) is 4.45. The van der Waals surface area contributed by atoms with Crippen molar-refractivity contribution in [3.05, 3.63) is 108 Å². The zero-order chi connectivity index (χ0) is 18.0. The van der Waals surface area contributed by atoms with Crippen molar-refractivity contribution in [1.82, 2.24) is 10.6 Å². The standard InChI is InChI=1S/C23H26N2O/c26-23(21-14-8-3-9-15-21)22(20-12-6-2-7-13-20)25-17-16-24-18-19-10-4-1-5-11-19/h1-15,22-26H,16-18H2/t22-,23-/m0/s1. The van der Waals surface area contributed by atoms with Crippen LogP contribution in [0.2, 0.25) is 0 Å². The van der Waals surface area contributed by atoms with Gasteiger partial charge in [0.2, 0.25) is 0 Å². The maximum atomic E-state index is 10.9. The lowest BCUT2D eigenvalue weighted by Crippen LogP contribution is -2.33. The summed E-state index contributed by atoms with van der Waals surface area (Å²) in [5, 5.41) is 17.8.